The van der Waals surface area contributed by atoms with Crippen molar-refractivity contribution in [2.24, 2.45) is 0 Å². The lowest BCUT2D eigenvalue weighted by atomic mass is 10.2. The molecule has 24 heavy (non-hydrogen) atoms. The van der Waals surface area contributed by atoms with E-state index < -0.39 is 32.2 Å². The molecule has 0 spiro atoms. The fourth-order valence-corrected chi connectivity index (χ4v) is 3.64. The average molecular weight is 360 g/mol. The summed E-state index contributed by atoms with van der Waals surface area (Å²) in [7, 11) is -3.59. The molecule has 1 rings (SSSR count). The monoisotopic (exact) mass is 360 g/mol. The van der Waals surface area contributed by atoms with Crippen molar-refractivity contribution in [3.05, 3.63) is 16.2 Å². The van der Waals surface area contributed by atoms with E-state index in [-0.39, 0.29) is 17.4 Å². The van der Waals surface area contributed by atoms with Gasteiger partial charge < -0.3 is 10.1 Å². The van der Waals surface area contributed by atoms with Crippen LogP contribution in [0.5, 0.6) is 0 Å². The number of hydrogen-bond acceptors (Lipinski definition) is 5. The number of hydroxylamine groups is 3. The number of amides is 2. The topological polar surface area (TPSA) is 94.6 Å². The normalized spacial score (nSPS) is 24.0. The van der Waals surface area contributed by atoms with E-state index in [0.717, 1.165) is 12.5 Å². The molecule has 1 heterocycles. The van der Waals surface area contributed by atoms with Crippen LogP contribution in [0.4, 0.5) is 0 Å². The minimum Gasteiger partial charge on any atom is -0.625 e. The molecule has 1 aliphatic heterocycles. The Labute approximate surface area is 144 Å². The molecular weight excluding hydrogens is 332 g/mol. The van der Waals surface area contributed by atoms with Gasteiger partial charge in [0, 0.05) is 13.1 Å². The summed E-state index contributed by atoms with van der Waals surface area (Å²) in [5, 5.41) is 12.2. The van der Waals surface area contributed by atoms with E-state index in [1.165, 1.54) is 20.8 Å². The summed E-state index contributed by atoms with van der Waals surface area (Å²) in [6.07, 6.45) is 2.85. The molecule has 1 atom stereocenters. The van der Waals surface area contributed by atoms with Gasteiger partial charge in [0.2, 0.25) is 0 Å². The van der Waals surface area contributed by atoms with E-state index in [2.05, 4.69) is 0 Å². The molecule has 7 nitrogen and oxygen atoms in total. The molecule has 1 fully saturated rings. The predicted octanol–water partition coefficient (Wildman–Crippen LogP) is 1.59. The third-order valence-electron chi connectivity index (χ3n) is 4.23. The number of quaternary nitrogens is 1. The number of carbonyl (C=O) groups is 2. The Hall–Kier alpha value is -1.25. The second-order valence-corrected chi connectivity index (χ2v) is 9.22. The fraction of sp³-hybridized carbons (Fsp3) is 0.750. The quantitative estimate of drug-likeness (QED) is 0.421. The van der Waals surface area contributed by atoms with E-state index >= 15 is 0 Å². The molecule has 0 N–H and O–H groups in total. The first-order valence-corrected chi connectivity index (χ1v) is 9.92. The average Bonchev–Trinajstić information content (AvgIpc) is 2.48. The second-order valence-electron chi connectivity index (χ2n) is 6.55. The Morgan fingerprint density at radius 3 is 2.54 bits per heavy atom. The Balaban J connectivity index is 3.04. The summed E-state index contributed by atoms with van der Waals surface area (Å²) in [5.74, 6) is -1.22. The summed E-state index contributed by atoms with van der Waals surface area (Å²) in [4.78, 5) is 26.2. The van der Waals surface area contributed by atoms with Crippen LogP contribution < -0.4 is 0 Å². The van der Waals surface area contributed by atoms with Crippen molar-refractivity contribution in [1.29, 1.82) is 0 Å². The largest absolute Gasteiger partial charge is 0.625 e. The maximum Gasteiger partial charge on any atom is 0.339 e. The molecule has 0 bridgehead atoms. The van der Waals surface area contributed by atoms with Gasteiger partial charge >= 0.3 is 5.91 Å². The Morgan fingerprint density at radius 1 is 1.38 bits per heavy atom. The van der Waals surface area contributed by atoms with Crippen molar-refractivity contribution in [3.63, 3.8) is 0 Å². The number of carbonyl (C=O) groups excluding carboxylic acids is 2. The van der Waals surface area contributed by atoms with Crippen LogP contribution in [-0.2, 0) is 19.4 Å². The van der Waals surface area contributed by atoms with Crippen molar-refractivity contribution >= 4 is 21.7 Å². The molecule has 0 aliphatic carbocycles. The van der Waals surface area contributed by atoms with Gasteiger partial charge in [-0.3, -0.25) is 9.44 Å². The number of allylic oxidation sites excluding steroid dienone is 1. The summed E-state index contributed by atoms with van der Waals surface area (Å²) >= 11 is 0. The van der Waals surface area contributed by atoms with Crippen molar-refractivity contribution in [2.45, 2.75) is 52.2 Å². The summed E-state index contributed by atoms with van der Waals surface area (Å²) in [6, 6.07) is 0. The Bertz CT molecular complexity index is 612. The van der Waals surface area contributed by atoms with Gasteiger partial charge in [0.25, 0.3) is 5.91 Å². The molecule has 1 saturated heterocycles. The van der Waals surface area contributed by atoms with Crippen molar-refractivity contribution in [2.75, 3.05) is 26.2 Å². The molecule has 0 aromatic rings. The molecule has 0 aromatic heterocycles. The number of nitrogens with zero attached hydrogens (tertiary/aromatic N) is 2. The lowest BCUT2D eigenvalue weighted by molar-refractivity contribution is -0.794. The molecular formula is C16H28N2O5S. The minimum atomic E-state index is -3.59. The van der Waals surface area contributed by atoms with Gasteiger partial charge in [0.05, 0.1) is 22.8 Å². The van der Waals surface area contributed by atoms with Crippen LogP contribution in [-0.4, -0.2) is 61.2 Å². The van der Waals surface area contributed by atoms with Gasteiger partial charge in [0.1, 0.15) is 0 Å². The van der Waals surface area contributed by atoms with E-state index in [1.54, 1.807) is 4.90 Å². The van der Waals surface area contributed by atoms with Crippen LogP contribution in [0.25, 0.3) is 0 Å². The Morgan fingerprint density at radius 2 is 2.00 bits per heavy atom. The van der Waals surface area contributed by atoms with Crippen molar-refractivity contribution in [1.82, 2.24) is 4.90 Å². The van der Waals surface area contributed by atoms with E-state index in [1.807, 2.05) is 6.92 Å². The highest BCUT2D eigenvalue weighted by Gasteiger charge is 2.33. The van der Waals surface area contributed by atoms with Gasteiger partial charge in [-0.05, 0) is 40.0 Å². The molecule has 138 valence electrons. The predicted molar refractivity (Wildman–Crippen MR) is 92.3 cm³/mol. The third kappa shape index (κ3) is 4.87. The van der Waals surface area contributed by atoms with E-state index in [9.17, 15) is 23.2 Å². The maximum absolute atomic E-state index is 12.9. The molecule has 8 heteroatoms. The maximum atomic E-state index is 12.9. The zero-order valence-corrected chi connectivity index (χ0v) is 15.8. The SMILES string of the molecule is CCCN1CCCC[N+]([O-])(C(=O)/C=C(/C)S(=O)(=O)C(C)C)CC1=O. The van der Waals surface area contributed by atoms with Gasteiger partial charge in [-0.2, -0.15) is 0 Å². The van der Waals surface area contributed by atoms with Gasteiger partial charge in [-0.1, -0.05) is 6.92 Å². The lowest BCUT2D eigenvalue weighted by Gasteiger charge is -2.41. The first-order valence-electron chi connectivity index (χ1n) is 8.37. The number of sulfone groups is 1. The molecule has 1 unspecified atom stereocenters. The Kier molecular flexibility index (Phi) is 7.12. The zero-order chi connectivity index (χ0) is 18.5. The molecule has 0 saturated carbocycles. The smallest absolute Gasteiger partial charge is 0.339 e. The van der Waals surface area contributed by atoms with Crippen molar-refractivity contribution < 1.29 is 22.7 Å². The fourth-order valence-electron chi connectivity index (χ4n) is 2.63. The number of rotatable bonds is 5. The first kappa shape index (κ1) is 20.8. The number of hydrogen-bond donors (Lipinski definition) is 0. The third-order valence-corrected chi connectivity index (χ3v) is 6.49. The first-order chi connectivity index (χ1) is 11.0. The minimum absolute atomic E-state index is 0.00392. The van der Waals surface area contributed by atoms with Crippen LogP contribution in [0.3, 0.4) is 0 Å². The van der Waals surface area contributed by atoms with Crippen LogP contribution in [0.15, 0.2) is 11.0 Å². The van der Waals surface area contributed by atoms with Crippen molar-refractivity contribution in [3.8, 4) is 0 Å². The highest BCUT2D eigenvalue weighted by Crippen LogP contribution is 2.18. The van der Waals surface area contributed by atoms with E-state index in [4.69, 9.17) is 0 Å². The molecule has 1 aliphatic rings. The van der Waals surface area contributed by atoms with Crippen LogP contribution >= 0.6 is 0 Å². The summed E-state index contributed by atoms with van der Waals surface area (Å²) < 4.78 is 22.8. The van der Waals surface area contributed by atoms with E-state index in [0.29, 0.717) is 25.9 Å². The lowest BCUT2D eigenvalue weighted by Crippen LogP contribution is -2.55. The van der Waals surface area contributed by atoms with Gasteiger partial charge in [-0.15, -0.1) is 0 Å². The zero-order valence-electron chi connectivity index (χ0n) is 14.9. The molecule has 0 aromatic carbocycles. The highest BCUT2D eigenvalue weighted by atomic mass is 32.2. The van der Waals surface area contributed by atoms with Gasteiger partial charge in [0.15, 0.2) is 16.4 Å². The van der Waals surface area contributed by atoms with Gasteiger partial charge in [-0.25, -0.2) is 13.2 Å². The second kappa shape index (κ2) is 8.22. The van der Waals surface area contributed by atoms with Crippen LogP contribution in [0, 0.1) is 5.21 Å². The standard InChI is InChI=1S/C16H28N2O5S/c1-5-8-17-9-6-7-10-18(21,12-15(17)19)16(20)11-14(4)24(22,23)13(2)3/h11,13H,5-10,12H2,1-4H3/b14-11-. The van der Waals surface area contributed by atoms with Crippen LogP contribution in [0.1, 0.15) is 47.0 Å². The highest BCUT2D eigenvalue weighted by molar-refractivity contribution is 7.95. The summed E-state index contributed by atoms with van der Waals surface area (Å²) in [6.45, 7) is 6.97. The molecule has 2 amide bonds. The van der Waals surface area contributed by atoms with Crippen LogP contribution in [0.2, 0.25) is 0 Å². The molecule has 0 radical (unpaired) electrons. The summed E-state index contributed by atoms with van der Waals surface area (Å²) in [5.41, 5.74) is 0.